The van der Waals surface area contributed by atoms with Crippen LogP contribution in [0.5, 0.6) is 0 Å². The second-order valence-electron chi connectivity index (χ2n) is 6.55. The zero-order valence-corrected chi connectivity index (χ0v) is 14.8. The van der Waals surface area contributed by atoms with Crippen LogP contribution in [0.4, 0.5) is 23.7 Å². The zero-order valence-electron chi connectivity index (χ0n) is 14.8. The molecule has 27 heavy (non-hydrogen) atoms. The molecule has 1 fully saturated rings. The van der Waals surface area contributed by atoms with E-state index in [1.54, 1.807) is 12.1 Å². The smallest absolute Gasteiger partial charge is 0.235 e. The summed E-state index contributed by atoms with van der Waals surface area (Å²) in [6.07, 6.45) is 2.39. The number of hydrogen-bond donors (Lipinski definition) is 4. The molecule has 136 valence electrons. The third-order valence-corrected chi connectivity index (χ3v) is 4.39. The van der Waals surface area contributed by atoms with E-state index in [4.69, 9.17) is 11.0 Å². The quantitative estimate of drug-likeness (QED) is 0.525. The predicted molar refractivity (Wildman–Crippen MR) is 101 cm³/mol. The van der Waals surface area contributed by atoms with Crippen molar-refractivity contribution < 1.29 is 0 Å². The summed E-state index contributed by atoms with van der Waals surface area (Å²) >= 11 is 0. The molecule has 0 aliphatic heterocycles. The van der Waals surface area contributed by atoms with Gasteiger partial charge in [-0.15, -0.1) is 0 Å². The number of H-pyrrole nitrogens is 1. The number of aromatic nitrogens is 5. The lowest BCUT2D eigenvalue weighted by Gasteiger charge is -2.15. The fourth-order valence-corrected chi connectivity index (χ4v) is 2.75. The standard InChI is InChI=1S/C18H19N9/c1-10(12-4-2-11(9-19)3-5-12)21-17-23-16(20)24-18(25-17)22-15-8-14(26-27-15)13-6-7-13/h2-5,8,10,13H,6-7H2,1H3,(H5,20,21,22,23,24,25,26,27). The topological polar surface area (TPSA) is 141 Å². The second-order valence-corrected chi connectivity index (χ2v) is 6.55. The van der Waals surface area contributed by atoms with Crippen LogP contribution in [0.3, 0.4) is 0 Å². The molecule has 1 atom stereocenters. The van der Waals surface area contributed by atoms with Crippen LogP contribution < -0.4 is 16.4 Å². The van der Waals surface area contributed by atoms with E-state index < -0.39 is 0 Å². The Kier molecular flexibility index (Phi) is 4.30. The fraction of sp³-hybridized carbons (Fsp3) is 0.278. The summed E-state index contributed by atoms with van der Waals surface area (Å²) in [6, 6.07) is 11.3. The second kappa shape index (κ2) is 6.92. The van der Waals surface area contributed by atoms with Crippen molar-refractivity contribution in [3.05, 3.63) is 47.2 Å². The lowest BCUT2D eigenvalue weighted by Crippen LogP contribution is -2.12. The summed E-state index contributed by atoms with van der Waals surface area (Å²) in [4.78, 5) is 12.6. The average molecular weight is 361 g/mol. The van der Waals surface area contributed by atoms with Gasteiger partial charge in [-0.1, -0.05) is 12.1 Å². The summed E-state index contributed by atoms with van der Waals surface area (Å²) in [5.41, 5.74) is 8.56. The van der Waals surface area contributed by atoms with Gasteiger partial charge < -0.3 is 16.4 Å². The van der Waals surface area contributed by atoms with Crippen molar-refractivity contribution in [3.8, 4) is 6.07 Å². The highest BCUT2D eigenvalue weighted by Crippen LogP contribution is 2.39. The maximum atomic E-state index is 8.90. The summed E-state index contributed by atoms with van der Waals surface area (Å²) in [5.74, 6) is 2.03. The lowest BCUT2D eigenvalue weighted by atomic mass is 10.1. The Morgan fingerprint density at radius 1 is 1.19 bits per heavy atom. The molecule has 2 heterocycles. The first-order valence-corrected chi connectivity index (χ1v) is 8.71. The third-order valence-electron chi connectivity index (χ3n) is 4.39. The molecule has 1 aromatic carbocycles. The number of benzene rings is 1. The van der Waals surface area contributed by atoms with E-state index in [1.165, 1.54) is 12.8 Å². The molecule has 3 aromatic rings. The Bertz CT molecular complexity index is 983. The molecule has 4 rings (SSSR count). The highest BCUT2D eigenvalue weighted by Gasteiger charge is 2.25. The number of aromatic amines is 1. The maximum Gasteiger partial charge on any atom is 0.235 e. The van der Waals surface area contributed by atoms with Crippen molar-refractivity contribution in [2.24, 2.45) is 0 Å². The van der Waals surface area contributed by atoms with Crippen molar-refractivity contribution in [1.29, 1.82) is 5.26 Å². The molecule has 1 saturated carbocycles. The molecule has 0 spiro atoms. The number of nitrogens with two attached hydrogens (primary N) is 1. The summed E-state index contributed by atoms with van der Waals surface area (Å²) in [7, 11) is 0. The molecule has 5 N–H and O–H groups in total. The number of nitrogens with zero attached hydrogens (tertiary/aromatic N) is 5. The van der Waals surface area contributed by atoms with Gasteiger partial charge >= 0.3 is 0 Å². The highest BCUT2D eigenvalue weighted by atomic mass is 15.3. The molecule has 1 aliphatic rings. The van der Waals surface area contributed by atoms with Crippen LogP contribution in [-0.2, 0) is 0 Å². The molecule has 1 unspecified atom stereocenters. The zero-order chi connectivity index (χ0) is 18.8. The first-order valence-electron chi connectivity index (χ1n) is 8.71. The van der Waals surface area contributed by atoms with Gasteiger partial charge in [0.2, 0.25) is 17.8 Å². The van der Waals surface area contributed by atoms with Gasteiger partial charge in [0.05, 0.1) is 17.7 Å². The molecule has 1 aliphatic carbocycles. The van der Waals surface area contributed by atoms with E-state index in [1.807, 2.05) is 25.1 Å². The molecular formula is C18H19N9. The van der Waals surface area contributed by atoms with Crippen LogP contribution >= 0.6 is 0 Å². The number of rotatable bonds is 6. The normalized spacial score (nSPS) is 14.4. The Morgan fingerprint density at radius 3 is 2.63 bits per heavy atom. The van der Waals surface area contributed by atoms with Crippen molar-refractivity contribution in [1.82, 2.24) is 25.1 Å². The minimum absolute atomic E-state index is 0.0701. The first-order chi connectivity index (χ1) is 13.1. The summed E-state index contributed by atoms with van der Waals surface area (Å²) in [6.45, 7) is 1.98. The number of hydrogen-bond acceptors (Lipinski definition) is 8. The molecule has 9 heteroatoms. The molecule has 9 nitrogen and oxygen atoms in total. The third kappa shape index (κ3) is 3.95. The van der Waals surface area contributed by atoms with Gasteiger partial charge in [-0.2, -0.15) is 25.3 Å². The maximum absolute atomic E-state index is 8.90. The Morgan fingerprint density at radius 2 is 1.93 bits per heavy atom. The van der Waals surface area contributed by atoms with Gasteiger partial charge in [-0.3, -0.25) is 5.10 Å². The van der Waals surface area contributed by atoms with Crippen molar-refractivity contribution >= 4 is 23.7 Å². The van der Waals surface area contributed by atoms with E-state index in [9.17, 15) is 0 Å². The van der Waals surface area contributed by atoms with Crippen molar-refractivity contribution in [2.75, 3.05) is 16.4 Å². The van der Waals surface area contributed by atoms with Crippen LogP contribution in [0.25, 0.3) is 0 Å². The van der Waals surface area contributed by atoms with E-state index in [2.05, 4.69) is 41.9 Å². The van der Waals surface area contributed by atoms with Gasteiger partial charge in [0.15, 0.2) is 5.82 Å². The molecule has 0 bridgehead atoms. The Hall–Kier alpha value is -3.67. The highest BCUT2D eigenvalue weighted by molar-refractivity contribution is 5.52. The van der Waals surface area contributed by atoms with Gasteiger partial charge in [0.1, 0.15) is 0 Å². The summed E-state index contributed by atoms with van der Waals surface area (Å²) in [5, 5.41) is 22.4. The number of nitrogen functional groups attached to an aromatic ring is 1. The molecule has 0 amide bonds. The van der Waals surface area contributed by atoms with Crippen molar-refractivity contribution in [3.63, 3.8) is 0 Å². The van der Waals surface area contributed by atoms with Crippen LogP contribution in [-0.4, -0.2) is 25.1 Å². The van der Waals surface area contributed by atoms with E-state index in [0.717, 1.165) is 11.3 Å². The van der Waals surface area contributed by atoms with Gasteiger partial charge in [-0.25, -0.2) is 0 Å². The van der Waals surface area contributed by atoms with Gasteiger partial charge in [0, 0.05) is 17.7 Å². The number of anilines is 4. The molecule has 0 saturated heterocycles. The average Bonchev–Trinajstić information content (AvgIpc) is 3.41. The fourth-order valence-electron chi connectivity index (χ4n) is 2.75. The molecule has 0 radical (unpaired) electrons. The first kappa shape index (κ1) is 16.8. The van der Waals surface area contributed by atoms with Crippen molar-refractivity contribution in [2.45, 2.75) is 31.7 Å². The summed E-state index contributed by atoms with van der Waals surface area (Å²) < 4.78 is 0. The molecule has 2 aromatic heterocycles. The monoisotopic (exact) mass is 361 g/mol. The van der Waals surface area contributed by atoms with Crippen LogP contribution in [0.1, 0.15) is 48.5 Å². The lowest BCUT2D eigenvalue weighted by molar-refractivity contribution is 0.856. The van der Waals surface area contributed by atoms with E-state index >= 15 is 0 Å². The minimum Gasteiger partial charge on any atom is -0.368 e. The van der Waals surface area contributed by atoms with Gasteiger partial charge in [-0.05, 0) is 37.5 Å². The van der Waals surface area contributed by atoms with Gasteiger partial charge in [0.25, 0.3) is 0 Å². The van der Waals surface area contributed by atoms with Crippen LogP contribution in [0, 0.1) is 11.3 Å². The molecular weight excluding hydrogens is 342 g/mol. The number of nitrogens with one attached hydrogen (secondary N) is 3. The van der Waals surface area contributed by atoms with E-state index in [0.29, 0.717) is 29.2 Å². The number of nitriles is 1. The predicted octanol–water partition coefficient (Wildman–Crippen LogP) is 2.84. The SMILES string of the molecule is CC(Nc1nc(N)nc(Nc2cc(C3CC3)[nH]n2)n1)c1ccc(C#N)cc1. The minimum atomic E-state index is -0.0701. The Labute approximate surface area is 156 Å². The Balaban J connectivity index is 1.48. The van der Waals surface area contributed by atoms with Crippen LogP contribution in [0.15, 0.2) is 30.3 Å². The van der Waals surface area contributed by atoms with E-state index in [-0.39, 0.29) is 12.0 Å². The van der Waals surface area contributed by atoms with Crippen LogP contribution in [0.2, 0.25) is 0 Å². The largest absolute Gasteiger partial charge is 0.368 e.